The van der Waals surface area contributed by atoms with Crippen LogP contribution in [-0.4, -0.2) is 25.0 Å². The number of nitrogens with one attached hydrogen (secondary N) is 2. The van der Waals surface area contributed by atoms with Gasteiger partial charge in [0.25, 0.3) is 0 Å². The summed E-state index contributed by atoms with van der Waals surface area (Å²) in [6.07, 6.45) is 0. The average Bonchev–Trinajstić information content (AvgIpc) is 2.61. The van der Waals surface area contributed by atoms with E-state index in [1.165, 1.54) is 0 Å². The first-order chi connectivity index (χ1) is 11.5. The predicted octanol–water partition coefficient (Wildman–Crippen LogP) is 3.72. The van der Waals surface area contributed by atoms with E-state index >= 15 is 0 Å². The Hall–Kier alpha value is -2.60. The van der Waals surface area contributed by atoms with Gasteiger partial charge in [-0.3, -0.25) is 5.43 Å². The van der Waals surface area contributed by atoms with Crippen LogP contribution in [0.1, 0.15) is 18.1 Å². The van der Waals surface area contributed by atoms with E-state index in [4.69, 9.17) is 21.7 Å². The van der Waals surface area contributed by atoms with Gasteiger partial charge in [-0.1, -0.05) is 18.2 Å². The Morgan fingerprint density at radius 3 is 2.42 bits per heavy atom. The van der Waals surface area contributed by atoms with E-state index in [0.717, 1.165) is 22.5 Å². The van der Waals surface area contributed by atoms with Crippen molar-refractivity contribution >= 4 is 28.7 Å². The number of benzene rings is 2. The van der Waals surface area contributed by atoms with Crippen LogP contribution < -0.4 is 20.2 Å². The number of hydrogen-bond acceptors (Lipinski definition) is 4. The molecule has 0 aliphatic heterocycles. The Balaban J connectivity index is 2.06. The number of aryl methyl sites for hydroxylation is 1. The molecule has 0 atom stereocenters. The minimum absolute atomic E-state index is 0.434. The first-order valence-corrected chi connectivity index (χ1v) is 7.85. The number of anilines is 1. The Morgan fingerprint density at radius 1 is 1.04 bits per heavy atom. The van der Waals surface area contributed by atoms with Crippen LogP contribution in [-0.2, 0) is 0 Å². The maximum absolute atomic E-state index is 5.31. The smallest absolute Gasteiger partial charge is 0.191 e. The number of methoxy groups -OCH3 is 2. The monoisotopic (exact) mass is 343 g/mol. The van der Waals surface area contributed by atoms with Crippen LogP contribution in [0, 0.1) is 6.92 Å². The molecule has 6 heteroatoms. The molecule has 0 spiro atoms. The van der Waals surface area contributed by atoms with E-state index in [-0.39, 0.29) is 0 Å². The number of para-hydroxylation sites is 1. The van der Waals surface area contributed by atoms with Gasteiger partial charge < -0.3 is 14.8 Å². The molecule has 24 heavy (non-hydrogen) atoms. The van der Waals surface area contributed by atoms with Gasteiger partial charge in [-0.15, -0.1) is 0 Å². The molecule has 0 aliphatic rings. The molecule has 2 aromatic rings. The third-order valence-electron chi connectivity index (χ3n) is 3.52. The molecular formula is C18H21N3O2S. The summed E-state index contributed by atoms with van der Waals surface area (Å²) in [5.74, 6) is 1.34. The van der Waals surface area contributed by atoms with Gasteiger partial charge in [0.2, 0.25) is 0 Å². The SMILES string of the molecule is COc1ccc(/C(C)=N\NC(=S)Nc2ccccc2C)cc1OC. The molecule has 0 radical (unpaired) electrons. The Morgan fingerprint density at radius 2 is 1.75 bits per heavy atom. The van der Waals surface area contributed by atoms with E-state index in [9.17, 15) is 0 Å². The Bertz CT molecular complexity index is 760. The molecule has 0 aromatic heterocycles. The third-order valence-corrected chi connectivity index (χ3v) is 3.71. The molecule has 0 unspecified atom stereocenters. The fourth-order valence-corrected chi connectivity index (χ4v) is 2.28. The number of ether oxygens (including phenoxy) is 2. The first kappa shape index (κ1) is 17.7. The fraction of sp³-hybridized carbons (Fsp3) is 0.222. The molecule has 2 N–H and O–H groups in total. The van der Waals surface area contributed by atoms with Crippen LogP contribution in [0.2, 0.25) is 0 Å². The van der Waals surface area contributed by atoms with E-state index in [0.29, 0.717) is 16.6 Å². The lowest BCUT2D eigenvalue weighted by atomic mass is 10.1. The summed E-state index contributed by atoms with van der Waals surface area (Å²) in [6.45, 7) is 3.91. The minimum atomic E-state index is 0.434. The summed E-state index contributed by atoms with van der Waals surface area (Å²) in [4.78, 5) is 0. The molecule has 5 nitrogen and oxygen atoms in total. The summed E-state index contributed by atoms with van der Waals surface area (Å²) in [5, 5.41) is 7.88. The highest BCUT2D eigenvalue weighted by atomic mass is 32.1. The van der Waals surface area contributed by atoms with Crippen molar-refractivity contribution < 1.29 is 9.47 Å². The molecule has 0 saturated heterocycles. The maximum atomic E-state index is 5.31. The lowest BCUT2D eigenvalue weighted by Gasteiger charge is -2.11. The van der Waals surface area contributed by atoms with Gasteiger partial charge in [0.05, 0.1) is 19.9 Å². The summed E-state index contributed by atoms with van der Waals surface area (Å²) in [5.41, 5.74) is 6.62. The third kappa shape index (κ3) is 4.45. The zero-order chi connectivity index (χ0) is 17.5. The van der Waals surface area contributed by atoms with E-state index in [2.05, 4.69) is 15.8 Å². The molecule has 126 valence electrons. The molecule has 0 aliphatic carbocycles. The summed E-state index contributed by atoms with van der Waals surface area (Å²) < 4.78 is 10.5. The highest BCUT2D eigenvalue weighted by molar-refractivity contribution is 7.80. The van der Waals surface area contributed by atoms with Gasteiger partial charge >= 0.3 is 0 Å². The van der Waals surface area contributed by atoms with Crippen molar-refractivity contribution in [2.45, 2.75) is 13.8 Å². The summed E-state index contributed by atoms with van der Waals surface area (Å²) in [6, 6.07) is 13.6. The van der Waals surface area contributed by atoms with Crippen LogP contribution in [0.4, 0.5) is 5.69 Å². The topological polar surface area (TPSA) is 54.9 Å². The molecule has 2 rings (SSSR count). The molecule has 0 bridgehead atoms. The second-order valence-electron chi connectivity index (χ2n) is 5.15. The zero-order valence-electron chi connectivity index (χ0n) is 14.2. The number of hydrazone groups is 1. The number of rotatable bonds is 5. The van der Waals surface area contributed by atoms with Crippen LogP contribution >= 0.6 is 12.2 Å². The van der Waals surface area contributed by atoms with Crippen molar-refractivity contribution in [3.8, 4) is 11.5 Å². The van der Waals surface area contributed by atoms with Crippen LogP contribution in [0.25, 0.3) is 0 Å². The van der Waals surface area contributed by atoms with Gasteiger partial charge in [0.15, 0.2) is 16.6 Å². The van der Waals surface area contributed by atoms with E-state index in [1.807, 2.05) is 56.3 Å². The van der Waals surface area contributed by atoms with Crippen LogP contribution in [0.15, 0.2) is 47.6 Å². The van der Waals surface area contributed by atoms with E-state index < -0.39 is 0 Å². The molecule has 0 heterocycles. The lowest BCUT2D eigenvalue weighted by Crippen LogP contribution is -2.25. The maximum Gasteiger partial charge on any atom is 0.191 e. The predicted molar refractivity (Wildman–Crippen MR) is 102 cm³/mol. The molecule has 0 fully saturated rings. The standard InChI is InChI=1S/C18H21N3O2S/c1-12-7-5-6-8-15(12)19-18(24)21-20-13(2)14-9-10-16(22-3)17(11-14)23-4/h5-11H,1-4H3,(H2,19,21,24)/b20-13-. The normalized spacial score (nSPS) is 10.9. The highest BCUT2D eigenvalue weighted by Gasteiger charge is 2.07. The quantitative estimate of drug-likeness (QED) is 0.492. The number of hydrogen-bond donors (Lipinski definition) is 2. The van der Waals surface area contributed by atoms with Crippen molar-refractivity contribution in [2.24, 2.45) is 5.10 Å². The van der Waals surface area contributed by atoms with Crippen molar-refractivity contribution in [1.82, 2.24) is 5.43 Å². The second-order valence-corrected chi connectivity index (χ2v) is 5.56. The highest BCUT2D eigenvalue weighted by Crippen LogP contribution is 2.27. The van der Waals surface area contributed by atoms with Crippen molar-refractivity contribution in [3.05, 3.63) is 53.6 Å². The van der Waals surface area contributed by atoms with Crippen molar-refractivity contribution in [3.63, 3.8) is 0 Å². The van der Waals surface area contributed by atoms with E-state index in [1.54, 1.807) is 14.2 Å². The van der Waals surface area contributed by atoms with Gasteiger partial charge in [-0.05, 0) is 55.9 Å². The largest absolute Gasteiger partial charge is 0.493 e. The lowest BCUT2D eigenvalue weighted by molar-refractivity contribution is 0.355. The van der Waals surface area contributed by atoms with Crippen molar-refractivity contribution in [2.75, 3.05) is 19.5 Å². The second kappa shape index (κ2) is 8.31. The fourth-order valence-electron chi connectivity index (χ4n) is 2.12. The number of nitrogens with zero attached hydrogens (tertiary/aromatic N) is 1. The Labute approximate surface area is 147 Å². The molecular weight excluding hydrogens is 322 g/mol. The van der Waals surface area contributed by atoms with Gasteiger partial charge in [-0.25, -0.2) is 0 Å². The summed E-state index contributed by atoms with van der Waals surface area (Å²) in [7, 11) is 3.21. The average molecular weight is 343 g/mol. The van der Waals surface area contributed by atoms with Crippen LogP contribution in [0.5, 0.6) is 11.5 Å². The van der Waals surface area contributed by atoms with Gasteiger partial charge in [-0.2, -0.15) is 5.10 Å². The Kier molecular flexibility index (Phi) is 6.14. The van der Waals surface area contributed by atoms with Gasteiger partial charge in [0, 0.05) is 11.3 Å². The minimum Gasteiger partial charge on any atom is -0.493 e. The first-order valence-electron chi connectivity index (χ1n) is 7.44. The molecule has 0 saturated carbocycles. The number of thiocarbonyl (C=S) groups is 1. The van der Waals surface area contributed by atoms with Crippen LogP contribution in [0.3, 0.4) is 0 Å². The van der Waals surface area contributed by atoms with Gasteiger partial charge in [0.1, 0.15) is 0 Å². The molecule has 2 aromatic carbocycles. The van der Waals surface area contributed by atoms with Crippen molar-refractivity contribution in [1.29, 1.82) is 0 Å². The summed E-state index contributed by atoms with van der Waals surface area (Å²) >= 11 is 5.28. The molecule has 0 amide bonds. The zero-order valence-corrected chi connectivity index (χ0v) is 15.0.